The van der Waals surface area contributed by atoms with Gasteiger partial charge in [0.05, 0.1) is 6.04 Å². The van der Waals surface area contributed by atoms with Crippen LogP contribution in [0.2, 0.25) is 0 Å². The van der Waals surface area contributed by atoms with Crippen molar-refractivity contribution in [2.24, 2.45) is 11.8 Å². The van der Waals surface area contributed by atoms with Gasteiger partial charge in [-0.25, -0.2) is 4.39 Å². The number of amides is 4. The van der Waals surface area contributed by atoms with Crippen LogP contribution in [-0.4, -0.2) is 108 Å². The fraction of sp³-hybridized carbons (Fsp3) is 0.677. The first-order valence-electron chi connectivity index (χ1n) is 15.8. The molecular formula is C31H43FN6O4. The van der Waals surface area contributed by atoms with Crippen LogP contribution in [0.4, 0.5) is 4.39 Å². The van der Waals surface area contributed by atoms with E-state index < -0.39 is 11.9 Å². The molecule has 6 heterocycles. The molecule has 0 aliphatic carbocycles. The molecule has 0 radical (unpaired) electrons. The van der Waals surface area contributed by atoms with Gasteiger partial charge in [0.15, 0.2) is 0 Å². The van der Waals surface area contributed by atoms with Crippen LogP contribution >= 0.6 is 0 Å². The molecule has 6 aliphatic heterocycles. The predicted molar refractivity (Wildman–Crippen MR) is 154 cm³/mol. The molecule has 5 atom stereocenters. The predicted octanol–water partition coefficient (Wildman–Crippen LogP) is 1.12. The zero-order chi connectivity index (χ0) is 29.2. The molecule has 1 aromatic rings. The zero-order valence-corrected chi connectivity index (χ0v) is 24.2. The van der Waals surface area contributed by atoms with E-state index in [4.69, 9.17) is 0 Å². The minimum absolute atomic E-state index is 0.0549. The van der Waals surface area contributed by atoms with Crippen LogP contribution in [0, 0.1) is 17.7 Å². The van der Waals surface area contributed by atoms with E-state index in [1.165, 1.54) is 29.2 Å². The highest BCUT2D eigenvalue weighted by molar-refractivity contribution is 5.98. The zero-order valence-electron chi connectivity index (χ0n) is 24.2. The normalized spacial score (nSPS) is 33.2. The molecule has 11 heteroatoms. The first-order chi connectivity index (χ1) is 20.4. The van der Waals surface area contributed by atoms with Crippen LogP contribution < -0.4 is 16.0 Å². The van der Waals surface area contributed by atoms with Crippen LogP contribution in [0.3, 0.4) is 0 Å². The number of rotatable bonds is 1. The molecule has 10 nitrogen and oxygen atoms in total. The van der Waals surface area contributed by atoms with Gasteiger partial charge in [-0.3, -0.25) is 24.1 Å². The molecule has 7 rings (SSSR count). The maximum atomic E-state index is 13.6. The topological polar surface area (TPSA) is 114 Å². The number of halogens is 1. The van der Waals surface area contributed by atoms with Crippen molar-refractivity contribution >= 4 is 23.6 Å². The van der Waals surface area contributed by atoms with Crippen LogP contribution in [-0.2, 0) is 14.4 Å². The van der Waals surface area contributed by atoms with Gasteiger partial charge >= 0.3 is 0 Å². The standard InChI is InChI=1S/C31H43FN6O4/c32-23-5-3-20(4-6-23)31(42)38-19-24-17-27(38)29(40)34-12-8-22-18-33-11-7-21(22)16-28(39)36-14-9-25(10-15-36)37-13-1-2-26(37)30(41)35-24/h3-6,21-22,24-27,33H,1-2,7-19H2,(H,34,40)(H,35,41)/t21-,22-,24+,26-,27+/m0/s1. The number of nitrogens with one attached hydrogen (secondary N) is 3. The Labute approximate surface area is 246 Å². The molecule has 6 fully saturated rings. The van der Waals surface area contributed by atoms with E-state index in [1.807, 2.05) is 4.90 Å². The van der Waals surface area contributed by atoms with E-state index in [1.54, 1.807) is 0 Å². The lowest BCUT2D eigenvalue weighted by Gasteiger charge is -2.40. The van der Waals surface area contributed by atoms with E-state index in [0.29, 0.717) is 24.9 Å². The smallest absolute Gasteiger partial charge is 0.254 e. The van der Waals surface area contributed by atoms with Crippen molar-refractivity contribution in [2.75, 3.05) is 45.8 Å². The van der Waals surface area contributed by atoms with E-state index >= 15 is 0 Å². The highest BCUT2D eigenvalue weighted by Crippen LogP contribution is 2.30. The maximum Gasteiger partial charge on any atom is 0.254 e. The summed E-state index contributed by atoms with van der Waals surface area (Å²) in [5, 5.41) is 9.68. The van der Waals surface area contributed by atoms with E-state index in [-0.39, 0.29) is 60.1 Å². The Morgan fingerprint density at radius 2 is 1.62 bits per heavy atom. The second-order valence-corrected chi connectivity index (χ2v) is 12.7. The van der Waals surface area contributed by atoms with Crippen molar-refractivity contribution < 1.29 is 23.6 Å². The van der Waals surface area contributed by atoms with Crippen molar-refractivity contribution in [1.29, 1.82) is 0 Å². The SMILES string of the molecule is O=C1NCC[C@H]2CNCC[C@H]2CC(=O)N2CCC(CC2)N2CCC[C@H]2C(=O)N[C@@H]2C[C@H]1N(C(=O)c1ccc(F)cc1)C2. The van der Waals surface area contributed by atoms with Gasteiger partial charge in [0.2, 0.25) is 17.7 Å². The molecule has 4 amide bonds. The number of benzene rings is 1. The summed E-state index contributed by atoms with van der Waals surface area (Å²) in [6.07, 6.45) is 6.00. The van der Waals surface area contributed by atoms with Crippen LogP contribution in [0.25, 0.3) is 0 Å². The molecule has 228 valence electrons. The van der Waals surface area contributed by atoms with Gasteiger partial charge in [-0.1, -0.05) is 0 Å². The third-order valence-electron chi connectivity index (χ3n) is 10.2. The number of carbonyl (C=O) groups excluding carboxylic acids is 4. The Hall–Kier alpha value is -3.05. The molecule has 4 bridgehead atoms. The van der Waals surface area contributed by atoms with Gasteiger partial charge in [-0.05, 0) is 101 Å². The van der Waals surface area contributed by atoms with Gasteiger partial charge in [-0.15, -0.1) is 0 Å². The van der Waals surface area contributed by atoms with E-state index in [9.17, 15) is 23.6 Å². The third-order valence-corrected chi connectivity index (χ3v) is 10.2. The Morgan fingerprint density at radius 3 is 2.40 bits per heavy atom. The summed E-state index contributed by atoms with van der Waals surface area (Å²) in [7, 11) is 0. The molecule has 0 unspecified atom stereocenters. The van der Waals surface area contributed by atoms with Crippen LogP contribution in [0.5, 0.6) is 0 Å². The molecule has 0 saturated carbocycles. The van der Waals surface area contributed by atoms with Crippen molar-refractivity contribution in [3.8, 4) is 0 Å². The van der Waals surface area contributed by atoms with Crippen LogP contribution in [0.1, 0.15) is 61.7 Å². The van der Waals surface area contributed by atoms with Gasteiger partial charge in [0.1, 0.15) is 11.9 Å². The summed E-state index contributed by atoms with van der Waals surface area (Å²) in [4.78, 5) is 59.8. The monoisotopic (exact) mass is 582 g/mol. The minimum atomic E-state index is -0.736. The number of nitrogens with zero attached hydrogens (tertiary/aromatic N) is 3. The highest BCUT2D eigenvalue weighted by atomic mass is 19.1. The van der Waals surface area contributed by atoms with Crippen molar-refractivity contribution in [3.05, 3.63) is 35.6 Å². The maximum absolute atomic E-state index is 13.6. The molecule has 3 N–H and O–H groups in total. The second kappa shape index (κ2) is 12.7. The molecule has 1 aromatic carbocycles. The average Bonchev–Trinajstić information content (AvgIpc) is 3.66. The van der Waals surface area contributed by atoms with Gasteiger partial charge < -0.3 is 25.8 Å². The molecular weight excluding hydrogens is 539 g/mol. The van der Waals surface area contributed by atoms with Crippen molar-refractivity contribution in [3.63, 3.8) is 0 Å². The van der Waals surface area contributed by atoms with Crippen LogP contribution in [0.15, 0.2) is 24.3 Å². The third kappa shape index (κ3) is 6.17. The summed E-state index contributed by atoms with van der Waals surface area (Å²) in [6, 6.07) is 4.27. The fourth-order valence-corrected chi connectivity index (χ4v) is 7.86. The van der Waals surface area contributed by atoms with Gasteiger partial charge in [0.25, 0.3) is 5.91 Å². The average molecular weight is 583 g/mol. The number of carbonyl (C=O) groups is 4. The Morgan fingerprint density at radius 1 is 0.857 bits per heavy atom. The summed E-state index contributed by atoms with van der Waals surface area (Å²) in [6.45, 7) is 4.70. The molecule has 6 aliphatic rings. The lowest BCUT2D eigenvalue weighted by molar-refractivity contribution is -0.135. The number of hydrogen-bond donors (Lipinski definition) is 3. The quantitative estimate of drug-likeness (QED) is 0.458. The second-order valence-electron chi connectivity index (χ2n) is 12.7. The number of piperidine rings is 2. The van der Waals surface area contributed by atoms with Crippen molar-refractivity contribution in [2.45, 2.75) is 75.5 Å². The summed E-state index contributed by atoms with van der Waals surface area (Å²) in [5.41, 5.74) is 0.310. The largest absolute Gasteiger partial charge is 0.354 e. The first-order valence-corrected chi connectivity index (χ1v) is 15.8. The van der Waals surface area contributed by atoms with E-state index in [0.717, 1.165) is 71.2 Å². The molecule has 0 aromatic heterocycles. The number of fused-ring (bicyclic) bond motifs is 7. The fourth-order valence-electron chi connectivity index (χ4n) is 7.86. The summed E-state index contributed by atoms with van der Waals surface area (Å²) in [5.74, 6) is -0.318. The Kier molecular flexibility index (Phi) is 8.76. The summed E-state index contributed by atoms with van der Waals surface area (Å²) >= 11 is 0. The minimum Gasteiger partial charge on any atom is -0.354 e. The first kappa shape index (κ1) is 29.0. The Balaban J connectivity index is 1.23. The lowest BCUT2D eigenvalue weighted by Crippen LogP contribution is -2.53. The molecule has 0 spiro atoms. The van der Waals surface area contributed by atoms with Crippen molar-refractivity contribution in [1.82, 2.24) is 30.7 Å². The number of likely N-dealkylation sites (tertiary alicyclic amines) is 1. The molecule has 42 heavy (non-hydrogen) atoms. The lowest BCUT2D eigenvalue weighted by atomic mass is 9.81. The number of hydrogen-bond acceptors (Lipinski definition) is 6. The highest BCUT2D eigenvalue weighted by Gasteiger charge is 2.43. The van der Waals surface area contributed by atoms with Gasteiger partial charge in [0, 0.05) is 50.2 Å². The molecule has 6 saturated heterocycles. The van der Waals surface area contributed by atoms with E-state index in [2.05, 4.69) is 20.9 Å². The summed E-state index contributed by atoms with van der Waals surface area (Å²) < 4.78 is 13.6. The van der Waals surface area contributed by atoms with Gasteiger partial charge in [-0.2, -0.15) is 0 Å². The Bertz CT molecular complexity index is 1170.